The maximum Gasteiger partial charge on any atom is 0.230 e. The SMILES string of the molecule is Cc1cc(Br)ccc1SCC(=O)NCCc1cccc(F)c1. The van der Waals surface area contributed by atoms with Gasteiger partial charge in [0.2, 0.25) is 5.91 Å². The average molecular weight is 382 g/mol. The van der Waals surface area contributed by atoms with Gasteiger partial charge in [-0.2, -0.15) is 0 Å². The Morgan fingerprint density at radius 2 is 2.09 bits per heavy atom. The molecule has 116 valence electrons. The number of nitrogens with one attached hydrogen (secondary N) is 1. The van der Waals surface area contributed by atoms with E-state index < -0.39 is 0 Å². The maximum atomic E-state index is 13.0. The van der Waals surface area contributed by atoms with Gasteiger partial charge in [-0.05, 0) is 54.8 Å². The smallest absolute Gasteiger partial charge is 0.230 e. The fourth-order valence-electron chi connectivity index (χ4n) is 2.01. The van der Waals surface area contributed by atoms with E-state index in [1.54, 1.807) is 6.07 Å². The van der Waals surface area contributed by atoms with Crippen LogP contribution < -0.4 is 5.32 Å². The van der Waals surface area contributed by atoms with E-state index in [-0.39, 0.29) is 11.7 Å². The molecule has 0 saturated heterocycles. The van der Waals surface area contributed by atoms with Gasteiger partial charge in [-0.15, -0.1) is 11.8 Å². The highest BCUT2D eigenvalue weighted by Gasteiger charge is 2.05. The third-order valence-electron chi connectivity index (χ3n) is 3.12. The third kappa shape index (κ3) is 5.46. The zero-order valence-corrected chi connectivity index (χ0v) is 14.6. The predicted molar refractivity (Wildman–Crippen MR) is 92.7 cm³/mol. The molecule has 0 unspecified atom stereocenters. The highest BCUT2D eigenvalue weighted by molar-refractivity contribution is 9.10. The van der Waals surface area contributed by atoms with Gasteiger partial charge in [0.1, 0.15) is 5.82 Å². The summed E-state index contributed by atoms with van der Waals surface area (Å²) in [5.41, 5.74) is 2.03. The number of halogens is 2. The summed E-state index contributed by atoms with van der Waals surface area (Å²) in [6, 6.07) is 12.4. The molecule has 0 aliphatic heterocycles. The molecule has 2 rings (SSSR count). The predicted octanol–water partition coefficient (Wildman–Crippen LogP) is 4.35. The number of amides is 1. The van der Waals surface area contributed by atoms with Crippen LogP contribution in [0.2, 0.25) is 0 Å². The molecule has 0 aliphatic rings. The lowest BCUT2D eigenvalue weighted by molar-refractivity contribution is -0.118. The van der Waals surface area contributed by atoms with Gasteiger partial charge in [-0.1, -0.05) is 28.1 Å². The zero-order chi connectivity index (χ0) is 15.9. The topological polar surface area (TPSA) is 29.1 Å². The van der Waals surface area contributed by atoms with Crippen molar-refractivity contribution < 1.29 is 9.18 Å². The second-order valence-corrected chi connectivity index (χ2v) is 6.86. The molecule has 0 bridgehead atoms. The molecule has 2 nitrogen and oxygen atoms in total. The van der Waals surface area contributed by atoms with Crippen LogP contribution in [0.1, 0.15) is 11.1 Å². The number of aryl methyl sites for hydroxylation is 1. The molecule has 0 aliphatic carbocycles. The number of carbonyl (C=O) groups is 1. The molecule has 0 heterocycles. The summed E-state index contributed by atoms with van der Waals surface area (Å²) in [5, 5.41) is 2.86. The summed E-state index contributed by atoms with van der Waals surface area (Å²) < 4.78 is 14.1. The van der Waals surface area contributed by atoms with Crippen molar-refractivity contribution in [3.05, 3.63) is 63.9 Å². The first-order valence-corrected chi connectivity index (χ1v) is 8.72. The number of hydrogen-bond donors (Lipinski definition) is 1. The van der Waals surface area contributed by atoms with E-state index in [0.717, 1.165) is 20.5 Å². The van der Waals surface area contributed by atoms with E-state index in [9.17, 15) is 9.18 Å². The second kappa shape index (κ2) is 8.34. The zero-order valence-electron chi connectivity index (χ0n) is 12.2. The van der Waals surface area contributed by atoms with Gasteiger partial charge in [-0.25, -0.2) is 4.39 Å². The molecular formula is C17H17BrFNOS. The van der Waals surface area contributed by atoms with E-state index in [1.165, 1.54) is 23.9 Å². The molecule has 22 heavy (non-hydrogen) atoms. The Morgan fingerprint density at radius 1 is 1.27 bits per heavy atom. The quantitative estimate of drug-likeness (QED) is 0.753. The van der Waals surface area contributed by atoms with Crippen molar-refractivity contribution in [1.82, 2.24) is 5.32 Å². The van der Waals surface area contributed by atoms with Crippen molar-refractivity contribution in [2.45, 2.75) is 18.2 Å². The monoisotopic (exact) mass is 381 g/mol. The summed E-state index contributed by atoms with van der Waals surface area (Å²) >= 11 is 4.94. The summed E-state index contributed by atoms with van der Waals surface area (Å²) in [4.78, 5) is 12.9. The molecule has 1 amide bonds. The van der Waals surface area contributed by atoms with Crippen LogP contribution in [0.25, 0.3) is 0 Å². The minimum absolute atomic E-state index is 0.0104. The van der Waals surface area contributed by atoms with Crippen molar-refractivity contribution >= 4 is 33.6 Å². The fourth-order valence-corrected chi connectivity index (χ4v) is 3.32. The van der Waals surface area contributed by atoms with Gasteiger partial charge in [0.05, 0.1) is 5.75 Å². The van der Waals surface area contributed by atoms with E-state index in [0.29, 0.717) is 18.7 Å². The van der Waals surface area contributed by atoms with Crippen LogP contribution in [0.15, 0.2) is 51.8 Å². The van der Waals surface area contributed by atoms with E-state index >= 15 is 0 Å². The first-order valence-electron chi connectivity index (χ1n) is 6.94. The lowest BCUT2D eigenvalue weighted by Crippen LogP contribution is -2.27. The van der Waals surface area contributed by atoms with Crippen molar-refractivity contribution in [2.75, 3.05) is 12.3 Å². The standard InChI is InChI=1S/C17H17BrFNOS/c1-12-9-14(18)5-6-16(12)22-11-17(21)20-8-7-13-3-2-4-15(19)10-13/h2-6,9-10H,7-8,11H2,1H3,(H,20,21). The number of benzene rings is 2. The summed E-state index contributed by atoms with van der Waals surface area (Å²) in [6.07, 6.45) is 0.630. The van der Waals surface area contributed by atoms with Gasteiger partial charge in [0.25, 0.3) is 0 Å². The van der Waals surface area contributed by atoms with E-state index in [2.05, 4.69) is 21.2 Å². The maximum absolute atomic E-state index is 13.0. The van der Waals surface area contributed by atoms with Gasteiger partial charge in [-0.3, -0.25) is 4.79 Å². The average Bonchev–Trinajstić information content (AvgIpc) is 2.46. The van der Waals surface area contributed by atoms with Crippen LogP contribution in [-0.4, -0.2) is 18.2 Å². The molecule has 0 fully saturated rings. The van der Waals surface area contributed by atoms with Crippen LogP contribution >= 0.6 is 27.7 Å². The lowest BCUT2D eigenvalue weighted by atomic mass is 10.1. The molecule has 2 aromatic rings. The lowest BCUT2D eigenvalue weighted by Gasteiger charge is -2.07. The Kier molecular flexibility index (Phi) is 6.46. The molecule has 0 aromatic heterocycles. The van der Waals surface area contributed by atoms with Gasteiger partial charge < -0.3 is 5.32 Å². The first kappa shape index (κ1) is 17.0. The molecule has 0 radical (unpaired) electrons. The van der Waals surface area contributed by atoms with Crippen LogP contribution in [0.3, 0.4) is 0 Å². The normalized spacial score (nSPS) is 10.5. The van der Waals surface area contributed by atoms with Crippen molar-refractivity contribution in [2.24, 2.45) is 0 Å². The van der Waals surface area contributed by atoms with Gasteiger partial charge in [0.15, 0.2) is 0 Å². The number of hydrogen-bond acceptors (Lipinski definition) is 2. The minimum atomic E-state index is -0.245. The molecule has 1 N–H and O–H groups in total. The molecule has 0 spiro atoms. The Labute approximate surface area is 142 Å². The summed E-state index contributed by atoms with van der Waals surface area (Å²) in [6.45, 7) is 2.54. The first-order chi connectivity index (χ1) is 10.5. The minimum Gasteiger partial charge on any atom is -0.355 e. The fraction of sp³-hybridized carbons (Fsp3) is 0.235. The van der Waals surface area contributed by atoms with Gasteiger partial charge in [0, 0.05) is 15.9 Å². The Hall–Kier alpha value is -1.33. The molecular weight excluding hydrogens is 365 g/mol. The molecule has 0 atom stereocenters. The third-order valence-corrected chi connectivity index (χ3v) is 4.79. The Morgan fingerprint density at radius 3 is 2.82 bits per heavy atom. The summed E-state index contributed by atoms with van der Waals surface area (Å²) in [5.74, 6) is 0.125. The van der Waals surface area contributed by atoms with Gasteiger partial charge >= 0.3 is 0 Å². The van der Waals surface area contributed by atoms with Crippen LogP contribution in [0.4, 0.5) is 4.39 Å². The van der Waals surface area contributed by atoms with Crippen LogP contribution in [0, 0.1) is 12.7 Å². The highest BCUT2D eigenvalue weighted by atomic mass is 79.9. The van der Waals surface area contributed by atoms with Crippen LogP contribution in [-0.2, 0) is 11.2 Å². The number of rotatable bonds is 6. The second-order valence-electron chi connectivity index (χ2n) is 4.93. The van der Waals surface area contributed by atoms with E-state index in [4.69, 9.17) is 0 Å². The Balaban J connectivity index is 1.74. The van der Waals surface area contributed by atoms with Crippen molar-refractivity contribution in [3.63, 3.8) is 0 Å². The highest BCUT2D eigenvalue weighted by Crippen LogP contribution is 2.25. The van der Waals surface area contributed by atoms with E-state index in [1.807, 2.05) is 31.2 Å². The summed E-state index contributed by atoms with van der Waals surface area (Å²) in [7, 11) is 0. The van der Waals surface area contributed by atoms with Crippen LogP contribution in [0.5, 0.6) is 0 Å². The number of carbonyl (C=O) groups excluding carboxylic acids is 1. The van der Waals surface area contributed by atoms with Crippen molar-refractivity contribution in [3.8, 4) is 0 Å². The largest absolute Gasteiger partial charge is 0.355 e. The van der Waals surface area contributed by atoms with Crippen molar-refractivity contribution in [1.29, 1.82) is 0 Å². The molecule has 0 saturated carbocycles. The molecule has 2 aromatic carbocycles. The number of thioether (sulfide) groups is 1. The Bertz CT molecular complexity index is 663. The molecule has 5 heteroatoms.